The average molecular weight is 130 g/mol. The van der Waals surface area contributed by atoms with Crippen molar-refractivity contribution in [2.75, 3.05) is 20.7 Å². The van der Waals surface area contributed by atoms with Crippen LogP contribution >= 0.6 is 0 Å². The molecular weight excluding hydrogens is 116 g/mol. The van der Waals surface area contributed by atoms with Gasteiger partial charge in [-0.1, -0.05) is 5.16 Å². The van der Waals surface area contributed by atoms with Gasteiger partial charge in [0.05, 0.1) is 5.71 Å². The van der Waals surface area contributed by atoms with Crippen LogP contribution in [0.15, 0.2) is 5.16 Å². The Morgan fingerprint density at radius 3 is 2.78 bits per heavy atom. The van der Waals surface area contributed by atoms with Crippen LogP contribution in [0.5, 0.6) is 0 Å². The number of nitrogens with zero attached hydrogens (tertiary/aromatic N) is 1. The van der Waals surface area contributed by atoms with E-state index >= 15 is 0 Å². The maximum Gasteiger partial charge on any atom is 0.106 e. The third kappa shape index (κ3) is 5.30. The van der Waals surface area contributed by atoms with Crippen LogP contribution in [0, 0.1) is 0 Å². The standard InChI is InChI=1S/C6H14N2O/c1-6(8-9-3)4-5-7-2/h7H,4-5H2,1-3H3/b8-6+. The van der Waals surface area contributed by atoms with E-state index in [-0.39, 0.29) is 0 Å². The highest BCUT2D eigenvalue weighted by molar-refractivity contribution is 5.81. The Labute approximate surface area is 56.1 Å². The van der Waals surface area contributed by atoms with E-state index in [4.69, 9.17) is 0 Å². The normalized spacial score (nSPS) is 11.7. The number of hydrogen-bond acceptors (Lipinski definition) is 3. The molecule has 54 valence electrons. The minimum Gasteiger partial charge on any atom is -0.399 e. The lowest BCUT2D eigenvalue weighted by Gasteiger charge is -1.96. The molecule has 0 saturated heterocycles. The van der Waals surface area contributed by atoms with E-state index in [0.29, 0.717) is 0 Å². The maximum atomic E-state index is 4.56. The summed E-state index contributed by atoms with van der Waals surface area (Å²) >= 11 is 0. The van der Waals surface area contributed by atoms with Crippen molar-refractivity contribution in [2.45, 2.75) is 13.3 Å². The van der Waals surface area contributed by atoms with Gasteiger partial charge in [0.25, 0.3) is 0 Å². The molecule has 0 aliphatic rings. The van der Waals surface area contributed by atoms with Crippen molar-refractivity contribution >= 4 is 5.71 Å². The number of rotatable bonds is 4. The van der Waals surface area contributed by atoms with Gasteiger partial charge in [0, 0.05) is 13.0 Å². The van der Waals surface area contributed by atoms with E-state index < -0.39 is 0 Å². The van der Waals surface area contributed by atoms with Crippen molar-refractivity contribution in [3.63, 3.8) is 0 Å². The first-order chi connectivity index (χ1) is 4.31. The zero-order valence-corrected chi connectivity index (χ0v) is 6.27. The van der Waals surface area contributed by atoms with Gasteiger partial charge < -0.3 is 10.2 Å². The summed E-state index contributed by atoms with van der Waals surface area (Å²) in [6, 6.07) is 0. The van der Waals surface area contributed by atoms with Crippen molar-refractivity contribution in [1.29, 1.82) is 0 Å². The van der Waals surface area contributed by atoms with Gasteiger partial charge in [0.1, 0.15) is 7.11 Å². The second-order valence-corrected chi connectivity index (χ2v) is 1.86. The highest BCUT2D eigenvalue weighted by atomic mass is 16.6. The minimum absolute atomic E-state index is 0.949. The molecule has 0 rings (SSSR count). The molecule has 0 aromatic carbocycles. The van der Waals surface area contributed by atoms with Crippen LogP contribution in [0.2, 0.25) is 0 Å². The van der Waals surface area contributed by atoms with Gasteiger partial charge in [-0.3, -0.25) is 0 Å². The van der Waals surface area contributed by atoms with Crippen LogP contribution in [0.25, 0.3) is 0 Å². The van der Waals surface area contributed by atoms with E-state index in [1.165, 1.54) is 0 Å². The van der Waals surface area contributed by atoms with Crippen LogP contribution < -0.4 is 5.32 Å². The third-order valence-electron chi connectivity index (χ3n) is 0.984. The summed E-state index contributed by atoms with van der Waals surface area (Å²) < 4.78 is 0. The van der Waals surface area contributed by atoms with E-state index in [9.17, 15) is 0 Å². The van der Waals surface area contributed by atoms with Crippen LogP contribution in [0.3, 0.4) is 0 Å². The fourth-order valence-corrected chi connectivity index (χ4v) is 0.507. The van der Waals surface area contributed by atoms with Crippen molar-refractivity contribution in [3.8, 4) is 0 Å². The first kappa shape index (κ1) is 8.43. The van der Waals surface area contributed by atoms with Crippen molar-refractivity contribution in [2.24, 2.45) is 5.16 Å². The molecule has 0 bridgehead atoms. The predicted molar refractivity (Wildman–Crippen MR) is 38.7 cm³/mol. The largest absolute Gasteiger partial charge is 0.399 e. The van der Waals surface area contributed by atoms with Crippen LogP contribution in [-0.2, 0) is 4.84 Å². The Morgan fingerprint density at radius 2 is 2.33 bits per heavy atom. The van der Waals surface area contributed by atoms with Crippen LogP contribution in [0.4, 0.5) is 0 Å². The van der Waals surface area contributed by atoms with Crippen LogP contribution in [0.1, 0.15) is 13.3 Å². The molecule has 0 amide bonds. The Hall–Kier alpha value is -0.570. The van der Waals surface area contributed by atoms with Gasteiger partial charge in [-0.05, 0) is 14.0 Å². The summed E-state index contributed by atoms with van der Waals surface area (Å²) in [6.45, 7) is 2.90. The lowest BCUT2D eigenvalue weighted by molar-refractivity contribution is 0.212. The lowest BCUT2D eigenvalue weighted by atomic mass is 10.3. The molecule has 1 N–H and O–H groups in total. The summed E-state index contributed by atoms with van der Waals surface area (Å²) in [6.07, 6.45) is 0.949. The first-order valence-electron chi connectivity index (χ1n) is 3.02. The summed E-state index contributed by atoms with van der Waals surface area (Å²) in [5.74, 6) is 0. The van der Waals surface area contributed by atoms with Crippen molar-refractivity contribution in [1.82, 2.24) is 5.32 Å². The van der Waals surface area contributed by atoms with Gasteiger partial charge in [0.15, 0.2) is 0 Å². The molecule has 0 aliphatic carbocycles. The second-order valence-electron chi connectivity index (χ2n) is 1.86. The fraction of sp³-hybridized carbons (Fsp3) is 0.833. The molecule has 0 fully saturated rings. The Morgan fingerprint density at radius 1 is 1.67 bits per heavy atom. The van der Waals surface area contributed by atoms with Gasteiger partial charge in [0.2, 0.25) is 0 Å². The Kier molecular flexibility index (Phi) is 5.21. The average Bonchev–Trinajstić information content (AvgIpc) is 1.85. The van der Waals surface area contributed by atoms with E-state index in [0.717, 1.165) is 18.7 Å². The molecule has 0 unspecified atom stereocenters. The molecular formula is C6H14N2O. The van der Waals surface area contributed by atoms with E-state index in [1.54, 1.807) is 7.11 Å². The second kappa shape index (κ2) is 5.56. The summed E-state index contributed by atoms with van der Waals surface area (Å²) in [5.41, 5.74) is 1.02. The Balaban J connectivity index is 3.25. The van der Waals surface area contributed by atoms with Crippen LogP contribution in [-0.4, -0.2) is 26.4 Å². The summed E-state index contributed by atoms with van der Waals surface area (Å²) in [7, 11) is 3.48. The van der Waals surface area contributed by atoms with Gasteiger partial charge in [-0.15, -0.1) is 0 Å². The van der Waals surface area contributed by atoms with E-state index in [1.807, 2.05) is 14.0 Å². The Bertz CT molecular complexity index is 91.1. The molecule has 9 heavy (non-hydrogen) atoms. The molecule has 0 spiro atoms. The zero-order chi connectivity index (χ0) is 7.11. The molecule has 0 aliphatic heterocycles. The lowest BCUT2D eigenvalue weighted by Crippen LogP contribution is -2.11. The maximum absolute atomic E-state index is 4.56. The predicted octanol–water partition coefficient (Wildman–Crippen LogP) is 0.618. The number of oxime groups is 1. The number of hydrogen-bond donors (Lipinski definition) is 1. The zero-order valence-electron chi connectivity index (χ0n) is 6.27. The smallest absolute Gasteiger partial charge is 0.106 e. The molecule has 0 saturated carbocycles. The molecule has 0 aromatic heterocycles. The van der Waals surface area contributed by atoms with Crippen molar-refractivity contribution < 1.29 is 4.84 Å². The fourth-order valence-electron chi connectivity index (χ4n) is 0.507. The van der Waals surface area contributed by atoms with Gasteiger partial charge in [-0.2, -0.15) is 0 Å². The van der Waals surface area contributed by atoms with E-state index in [2.05, 4.69) is 15.3 Å². The highest BCUT2D eigenvalue weighted by Gasteiger charge is 1.87. The van der Waals surface area contributed by atoms with Gasteiger partial charge in [-0.25, -0.2) is 0 Å². The first-order valence-corrected chi connectivity index (χ1v) is 3.02. The molecule has 0 radical (unpaired) electrons. The summed E-state index contributed by atoms with van der Waals surface area (Å²) in [5, 5.41) is 6.76. The molecule has 0 aromatic rings. The minimum atomic E-state index is 0.949. The SMILES string of the molecule is CNCC/C(C)=N/OC. The topological polar surface area (TPSA) is 33.6 Å². The molecule has 3 heteroatoms. The molecule has 0 atom stereocenters. The quantitative estimate of drug-likeness (QED) is 0.447. The number of nitrogens with one attached hydrogen (secondary N) is 1. The van der Waals surface area contributed by atoms with Gasteiger partial charge >= 0.3 is 0 Å². The highest BCUT2D eigenvalue weighted by Crippen LogP contribution is 1.83. The summed E-state index contributed by atoms with van der Waals surface area (Å²) in [4.78, 5) is 4.56. The molecule has 0 heterocycles. The molecule has 3 nitrogen and oxygen atoms in total. The third-order valence-corrected chi connectivity index (χ3v) is 0.984. The monoisotopic (exact) mass is 130 g/mol. The van der Waals surface area contributed by atoms with Crippen molar-refractivity contribution in [3.05, 3.63) is 0 Å².